The van der Waals surface area contributed by atoms with E-state index in [1.165, 1.54) is 13.0 Å². The summed E-state index contributed by atoms with van der Waals surface area (Å²) in [5, 5.41) is -0.694. The van der Waals surface area contributed by atoms with Crippen LogP contribution in [0, 0.1) is 5.82 Å². The fraction of sp³-hybridized carbons (Fsp3) is 0.455. The normalized spacial score (nSPS) is 15.6. The highest BCUT2D eigenvalue weighted by molar-refractivity contribution is 9.10. The van der Waals surface area contributed by atoms with Crippen LogP contribution in [-0.2, 0) is 16.3 Å². The Balaban J connectivity index is 2.88. The van der Waals surface area contributed by atoms with Gasteiger partial charge in [-0.25, -0.2) is 12.8 Å². The average Bonchev–Trinajstić information content (AvgIpc) is 2.21. The Morgan fingerprint density at radius 3 is 2.59 bits per heavy atom. The topological polar surface area (TPSA) is 60.2 Å². The molecular weight excluding hydrogens is 309 g/mol. The highest BCUT2D eigenvalue weighted by Gasteiger charge is 2.23. The van der Waals surface area contributed by atoms with Gasteiger partial charge in [0.05, 0.1) is 5.25 Å². The lowest BCUT2D eigenvalue weighted by Gasteiger charge is -2.18. The molecule has 0 bridgehead atoms. The van der Waals surface area contributed by atoms with Gasteiger partial charge in [-0.15, -0.1) is 0 Å². The second kappa shape index (κ2) is 5.46. The third kappa shape index (κ3) is 4.04. The first-order valence-corrected chi connectivity index (χ1v) is 7.85. The summed E-state index contributed by atoms with van der Waals surface area (Å²) in [6.07, 6.45) is 1.33. The Bertz CT molecular complexity index is 504. The van der Waals surface area contributed by atoms with Crippen molar-refractivity contribution in [3.63, 3.8) is 0 Å². The molecule has 0 saturated carbocycles. The van der Waals surface area contributed by atoms with Gasteiger partial charge in [0.2, 0.25) is 0 Å². The van der Waals surface area contributed by atoms with Gasteiger partial charge in [-0.2, -0.15) is 0 Å². The smallest absolute Gasteiger partial charge is 0.151 e. The second-order valence-electron chi connectivity index (χ2n) is 4.14. The molecule has 1 aromatic rings. The van der Waals surface area contributed by atoms with Crippen LogP contribution < -0.4 is 5.73 Å². The molecule has 0 amide bonds. The zero-order valence-corrected chi connectivity index (χ0v) is 12.1. The van der Waals surface area contributed by atoms with Crippen molar-refractivity contribution in [2.24, 2.45) is 5.73 Å². The Morgan fingerprint density at radius 2 is 2.06 bits per heavy atom. The summed E-state index contributed by atoms with van der Waals surface area (Å²) in [5.41, 5.74) is 6.21. The standard InChI is InChI=1S/C11H15BrFNO2S/c1-7(17(2,15)16)11(14)6-8-5-9(12)3-4-10(8)13/h3-5,7,11H,6,14H2,1-2H3. The van der Waals surface area contributed by atoms with E-state index in [1.54, 1.807) is 12.1 Å². The van der Waals surface area contributed by atoms with Crippen molar-refractivity contribution in [3.8, 4) is 0 Å². The summed E-state index contributed by atoms with van der Waals surface area (Å²) in [7, 11) is -3.20. The lowest BCUT2D eigenvalue weighted by atomic mass is 10.0. The molecule has 96 valence electrons. The molecule has 6 heteroatoms. The number of nitrogens with two attached hydrogens (primary N) is 1. The first kappa shape index (κ1) is 14.6. The van der Waals surface area contributed by atoms with Gasteiger partial charge >= 0.3 is 0 Å². The molecular formula is C11H15BrFNO2S. The zero-order valence-electron chi connectivity index (χ0n) is 9.65. The van der Waals surface area contributed by atoms with Gasteiger partial charge in [0, 0.05) is 16.8 Å². The van der Waals surface area contributed by atoms with Gasteiger partial charge in [0.15, 0.2) is 9.84 Å². The third-order valence-electron chi connectivity index (χ3n) is 2.74. The number of benzene rings is 1. The molecule has 1 rings (SSSR count). The van der Waals surface area contributed by atoms with Crippen LogP contribution in [0.25, 0.3) is 0 Å². The van der Waals surface area contributed by atoms with Crippen LogP contribution in [0.15, 0.2) is 22.7 Å². The van der Waals surface area contributed by atoms with E-state index in [0.29, 0.717) is 5.56 Å². The molecule has 2 atom stereocenters. The minimum Gasteiger partial charge on any atom is -0.326 e. The number of sulfone groups is 1. The molecule has 0 aromatic heterocycles. The quantitative estimate of drug-likeness (QED) is 0.920. The summed E-state index contributed by atoms with van der Waals surface area (Å²) in [6.45, 7) is 1.54. The molecule has 3 nitrogen and oxygen atoms in total. The molecule has 0 fully saturated rings. The van der Waals surface area contributed by atoms with Gasteiger partial charge in [0.25, 0.3) is 0 Å². The molecule has 0 heterocycles. The van der Waals surface area contributed by atoms with Crippen LogP contribution in [0.5, 0.6) is 0 Å². The Hall–Kier alpha value is -0.460. The van der Waals surface area contributed by atoms with Crippen molar-refractivity contribution < 1.29 is 12.8 Å². The molecule has 0 radical (unpaired) electrons. The number of hydrogen-bond donors (Lipinski definition) is 1. The van der Waals surface area contributed by atoms with Crippen molar-refractivity contribution in [2.45, 2.75) is 24.6 Å². The number of rotatable bonds is 4. The predicted octanol–water partition coefficient (Wildman–Crippen LogP) is 1.89. The van der Waals surface area contributed by atoms with Crippen molar-refractivity contribution in [2.75, 3.05) is 6.26 Å². The first-order valence-electron chi connectivity index (χ1n) is 5.10. The van der Waals surface area contributed by atoms with Gasteiger partial charge in [-0.1, -0.05) is 15.9 Å². The monoisotopic (exact) mass is 323 g/mol. The van der Waals surface area contributed by atoms with E-state index in [4.69, 9.17) is 5.73 Å². The van der Waals surface area contributed by atoms with Crippen LogP contribution in [0.2, 0.25) is 0 Å². The first-order chi connectivity index (χ1) is 7.71. The van der Waals surface area contributed by atoms with Crippen molar-refractivity contribution >= 4 is 25.8 Å². The summed E-state index contributed by atoms with van der Waals surface area (Å²) < 4.78 is 36.9. The van der Waals surface area contributed by atoms with Crippen LogP contribution >= 0.6 is 15.9 Å². The van der Waals surface area contributed by atoms with Gasteiger partial charge in [-0.05, 0) is 37.1 Å². The maximum absolute atomic E-state index is 13.5. The van der Waals surface area contributed by atoms with E-state index in [0.717, 1.165) is 10.7 Å². The van der Waals surface area contributed by atoms with Crippen LogP contribution in [0.1, 0.15) is 12.5 Å². The Labute approximate surface area is 109 Å². The maximum Gasteiger partial charge on any atom is 0.151 e. The summed E-state index contributed by atoms with van der Waals surface area (Å²) in [4.78, 5) is 0. The molecule has 0 aliphatic carbocycles. The SMILES string of the molecule is CC(C(N)Cc1cc(Br)ccc1F)S(C)(=O)=O. The fourth-order valence-electron chi connectivity index (χ4n) is 1.44. The van der Waals surface area contributed by atoms with Crippen LogP contribution in [0.3, 0.4) is 0 Å². The highest BCUT2D eigenvalue weighted by atomic mass is 79.9. The van der Waals surface area contributed by atoms with E-state index < -0.39 is 21.1 Å². The predicted molar refractivity (Wildman–Crippen MR) is 70.1 cm³/mol. The minimum absolute atomic E-state index is 0.194. The number of hydrogen-bond acceptors (Lipinski definition) is 3. The number of halogens is 2. The molecule has 0 aliphatic heterocycles. The molecule has 17 heavy (non-hydrogen) atoms. The molecule has 0 saturated heterocycles. The minimum atomic E-state index is -3.20. The lowest BCUT2D eigenvalue weighted by molar-refractivity contribution is 0.549. The highest BCUT2D eigenvalue weighted by Crippen LogP contribution is 2.18. The van der Waals surface area contributed by atoms with E-state index >= 15 is 0 Å². The maximum atomic E-state index is 13.5. The Morgan fingerprint density at radius 1 is 1.47 bits per heavy atom. The third-order valence-corrected chi connectivity index (χ3v) is 4.94. The molecule has 0 aliphatic rings. The van der Waals surface area contributed by atoms with E-state index in [1.807, 2.05) is 0 Å². The molecule has 2 unspecified atom stereocenters. The lowest BCUT2D eigenvalue weighted by Crippen LogP contribution is -2.39. The summed E-state index contributed by atoms with van der Waals surface area (Å²) in [6, 6.07) is 3.92. The summed E-state index contributed by atoms with van der Waals surface area (Å²) in [5.74, 6) is -0.371. The largest absolute Gasteiger partial charge is 0.326 e. The van der Waals surface area contributed by atoms with Gasteiger partial charge < -0.3 is 5.73 Å². The second-order valence-corrected chi connectivity index (χ2v) is 7.46. The molecule has 0 spiro atoms. The van der Waals surface area contributed by atoms with E-state index in [9.17, 15) is 12.8 Å². The van der Waals surface area contributed by atoms with Gasteiger partial charge in [-0.3, -0.25) is 0 Å². The average molecular weight is 324 g/mol. The molecule has 2 N–H and O–H groups in total. The Kier molecular flexibility index (Phi) is 4.69. The zero-order chi connectivity index (χ0) is 13.2. The van der Waals surface area contributed by atoms with Crippen molar-refractivity contribution in [1.82, 2.24) is 0 Å². The fourth-order valence-corrected chi connectivity index (χ4v) is 2.58. The molecule has 1 aromatic carbocycles. The van der Waals surface area contributed by atoms with Crippen molar-refractivity contribution in [3.05, 3.63) is 34.1 Å². The summed E-state index contributed by atoms with van der Waals surface area (Å²) >= 11 is 3.24. The van der Waals surface area contributed by atoms with Crippen molar-refractivity contribution in [1.29, 1.82) is 0 Å². The van der Waals surface area contributed by atoms with Crippen LogP contribution in [-0.4, -0.2) is 26.0 Å². The van der Waals surface area contributed by atoms with E-state index in [-0.39, 0.29) is 12.2 Å². The van der Waals surface area contributed by atoms with E-state index in [2.05, 4.69) is 15.9 Å². The van der Waals surface area contributed by atoms with Crippen LogP contribution in [0.4, 0.5) is 4.39 Å². The van der Waals surface area contributed by atoms with Gasteiger partial charge in [0.1, 0.15) is 5.82 Å².